The van der Waals surface area contributed by atoms with Crippen LogP contribution in [0.5, 0.6) is 0 Å². The van der Waals surface area contributed by atoms with Crippen LogP contribution in [0.2, 0.25) is 0 Å². The van der Waals surface area contributed by atoms with Gasteiger partial charge in [0.2, 0.25) is 0 Å². The van der Waals surface area contributed by atoms with Gasteiger partial charge in [0.05, 0.1) is 23.9 Å². The van der Waals surface area contributed by atoms with Crippen molar-refractivity contribution in [1.82, 2.24) is 20.1 Å². The summed E-state index contributed by atoms with van der Waals surface area (Å²) in [7, 11) is 2.03. The Morgan fingerprint density at radius 2 is 2.39 bits per heavy atom. The minimum absolute atomic E-state index is 0.207. The second kappa shape index (κ2) is 7.81. The van der Waals surface area contributed by atoms with Gasteiger partial charge in [-0.15, -0.1) is 16.4 Å². The highest BCUT2D eigenvalue weighted by molar-refractivity contribution is 7.09. The number of anilines is 1. The zero-order valence-electron chi connectivity index (χ0n) is 13.7. The minimum atomic E-state index is 0.207. The van der Waals surface area contributed by atoms with Crippen LogP contribution in [-0.2, 0) is 11.2 Å². The first kappa shape index (κ1) is 16.3. The summed E-state index contributed by atoms with van der Waals surface area (Å²) in [6.45, 7) is 6.74. The van der Waals surface area contributed by atoms with Gasteiger partial charge >= 0.3 is 0 Å². The van der Waals surface area contributed by atoms with Gasteiger partial charge in [-0.05, 0) is 25.5 Å². The van der Waals surface area contributed by atoms with E-state index >= 15 is 0 Å². The molecule has 0 saturated carbocycles. The highest BCUT2D eigenvalue weighted by Gasteiger charge is 2.22. The molecule has 0 N–H and O–H groups in total. The average molecular weight is 333 g/mol. The van der Waals surface area contributed by atoms with Crippen molar-refractivity contribution in [3.8, 4) is 0 Å². The van der Waals surface area contributed by atoms with Crippen LogP contribution in [0.15, 0.2) is 23.8 Å². The molecule has 6 nitrogen and oxygen atoms in total. The molecule has 1 unspecified atom stereocenters. The maximum atomic E-state index is 5.92. The van der Waals surface area contributed by atoms with Crippen molar-refractivity contribution in [1.29, 1.82) is 0 Å². The van der Waals surface area contributed by atoms with Gasteiger partial charge in [0, 0.05) is 44.3 Å². The van der Waals surface area contributed by atoms with Gasteiger partial charge in [-0.1, -0.05) is 0 Å². The lowest BCUT2D eigenvalue weighted by Crippen LogP contribution is -2.47. The summed E-state index contributed by atoms with van der Waals surface area (Å²) in [6, 6.07) is 3.88. The Bertz CT molecular complexity index is 606. The van der Waals surface area contributed by atoms with Gasteiger partial charge in [0.15, 0.2) is 5.82 Å². The average Bonchev–Trinajstić information content (AvgIpc) is 2.99. The van der Waals surface area contributed by atoms with Crippen LogP contribution < -0.4 is 4.90 Å². The zero-order chi connectivity index (χ0) is 16.1. The fourth-order valence-electron chi connectivity index (χ4n) is 2.82. The van der Waals surface area contributed by atoms with Gasteiger partial charge in [-0.3, -0.25) is 4.90 Å². The molecule has 1 saturated heterocycles. The van der Waals surface area contributed by atoms with E-state index in [9.17, 15) is 0 Å². The third-order valence-electron chi connectivity index (χ3n) is 4.15. The first-order valence-electron chi connectivity index (χ1n) is 7.94. The zero-order valence-corrected chi connectivity index (χ0v) is 14.5. The molecule has 1 fully saturated rings. The van der Waals surface area contributed by atoms with E-state index in [-0.39, 0.29) is 6.10 Å². The Balaban J connectivity index is 1.49. The predicted octanol–water partition coefficient (Wildman–Crippen LogP) is 1.62. The van der Waals surface area contributed by atoms with Crippen LogP contribution in [-0.4, -0.2) is 66.0 Å². The highest BCUT2D eigenvalue weighted by Crippen LogP contribution is 2.15. The van der Waals surface area contributed by atoms with E-state index in [1.807, 2.05) is 24.7 Å². The number of aryl methyl sites for hydroxylation is 1. The van der Waals surface area contributed by atoms with Crippen molar-refractivity contribution in [3.05, 3.63) is 34.4 Å². The van der Waals surface area contributed by atoms with Gasteiger partial charge in [-0.2, -0.15) is 5.10 Å². The third kappa shape index (κ3) is 4.46. The maximum Gasteiger partial charge on any atom is 0.151 e. The normalized spacial score (nSPS) is 19.0. The summed E-state index contributed by atoms with van der Waals surface area (Å²) in [6.07, 6.45) is 2.97. The van der Waals surface area contributed by atoms with E-state index in [4.69, 9.17) is 4.74 Å². The van der Waals surface area contributed by atoms with E-state index in [2.05, 4.69) is 31.9 Å². The molecule has 3 rings (SSSR count). The molecule has 0 bridgehead atoms. The predicted molar refractivity (Wildman–Crippen MR) is 92.0 cm³/mol. The maximum absolute atomic E-state index is 5.92. The van der Waals surface area contributed by atoms with Gasteiger partial charge < -0.3 is 9.64 Å². The number of hydrogen-bond donors (Lipinski definition) is 0. The molecule has 0 aromatic carbocycles. The fourth-order valence-corrected chi connectivity index (χ4v) is 3.59. The standard InChI is InChI=1S/C16H23N5OS/c1-13-15(23-12-17-13)5-7-21-8-9-22-14(11-21)10-20(2)16-4-3-6-18-19-16/h3-4,6,12,14H,5,7-11H2,1-2H3. The molecule has 2 aromatic heterocycles. The van der Waals surface area contributed by atoms with Gasteiger partial charge in [0.1, 0.15) is 0 Å². The molecule has 23 heavy (non-hydrogen) atoms. The first-order valence-corrected chi connectivity index (χ1v) is 8.82. The Morgan fingerprint density at radius 1 is 1.48 bits per heavy atom. The lowest BCUT2D eigenvalue weighted by molar-refractivity contribution is -0.0230. The van der Waals surface area contributed by atoms with Crippen LogP contribution >= 0.6 is 11.3 Å². The Morgan fingerprint density at radius 3 is 3.13 bits per heavy atom. The summed E-state index contributed by atoms with van der Waals surface area (Å²) in [5.74, 6) is 0.883. The van der Waals surface area contributed by atoms with E-state index in [1.54, 1.807) is 17.5 Å². The number of aromatic nitrogens is 3. The van der Waals surface area contributed by atoms with E-state index in [0.717, 1.165) is 45.0 Å². The van der Waals surface area contributed by atoms with Crippen molar-refractivity contribution < 1.29 is 4.74 Å². The molecule has 2 aromatic rings. The smallest absolute Gasteiger partial charge is 0.151 e. The first-order chi connectivity index (χ1) is 11.2. The topological polar surface area (TPSA) is 54.4 Å². The van der Waals surface area contributed by atoms with E-state index in [1.165, 1.54) is 10.6 Å². The number of thiazole rings is 1. The van der Waals surface area contributed by atoms with Crippen molar-refractivity contribution in [3.63, 3.8) is 0 Å². The number of rotatable bonds is 6. The molecule has 7 heteroatoms. The van der Waals surface area contributed by atoms with E-state index in [0.29, 0.717) is 0 Å². The summed E-state index contributed by atoms with van der Waals surface area (Å²) >= 11 is 1.75. The quantitative estimate of drug-likeness (QED) is 0.801. The summed E-state index contributed by atoms with van der Waals surface area (Å²) in [4.78, 5) is 10.3. The molecule has 0 amide bonds. The lowest BCUT2D eigenvalue weighted by atomic mass is 10.2. The van der Waals surface area contributed by atoms with Crippen LogP contribution in [0.1, 0.15) is 10.6 Å². The molecule has 1 aliphatic heterocycles. The Kier molecular flexibility index (Phi) is 5.53. The van der Waals surface area contributed by atoms with Crippen molar-refractivity contribution in [2.45, 2.75) is 19.4 Å². The number of hydrogen-bond acceptors (Lipinski definition) is 7. The van der Waals surface area contributed by atoms with Gasteiger partial charge in [-0.25, -0.2) is 4.98 Å². The van der Waals surface area contributed by atoms with Crippen LogP contribution in [0.25, 0.3) is 0 Å². The largest absolute Gasteiger partial charge is 0.374 e. The number of nitrogens with zero attached hydrogens (tertiary/aromatic N) is 5. The number of likely N-dealkylation sites (N-methyl/N-ethyl adjacent to an activating group) is 1. The Hall–Kier alpha value is -1.57. The monoisotopic (exact) mass is 333 g/mol. The molecule has 124 valence electrons. The lowest BCUT2D eigenvalue weighted by Gasteiger charge is -2.34. The van der Waals surface area contributed by atoms with Crippen molar-refractivity contribution in [2.75, 3.05) is 44.7 Å². The SMILES string of the molecule is Cc1ncsc1CCN1CCOC(CN(C)c2cccnn2)C1. The molecular weight excluding hydrogens is 310 g/mol. The van der Waals surface area contributed by atoms with Crippen molar-refractivity contribution >= 4 is 17.2 Å². The summed E-state index contributed by atoms with van der Waals surface area (Å²) in [5, 5.41) is 8.08. The fraction of sp³-hybridized carbons (Fsp3) is 0.562. The van der Waals surface area contributed by atoms with Crippen molar-refractivity contribution in [2.24, 2.45) is 0 Å². The molecule has 0 aliphatic carbocycles. The van der Waals surface area contributed by atoms with E-state index < -0.39 is 0 Å². The van der Waals surface area contributed by atoms with Crippen LogP contribution in [0.3, 0.4) is 0 Å². The highest BCUT2D eigenvalue weighted by atomic mass is 32.1. The molecule has 1 aliphatic rings. The summed E-state index contributed by atoms with van der Waals surface area (Å²) < 4.78 is 5.92. The Labute approximate surface area is 141 Å². The summed E-state index contributed by atoms with van der Waals surface area (Å²) in [5.41, 5.74) is 3.10. The molecular formula is C16H23N5OS. The third-order valence-corrected chi connectivity index (χ3v) is 5.14. The molecule has 0 spiro atoms. The molecule has 0 radical (unpaired) electrons. The number of morpholine rings is 1. The minimum Gasteiger partial charge on any atom is -0.374 e. The second-order valence-corrected chi connectivity index (χ2v) is 6.81. The van der Waals surface area contributed by atoms with Crippen LogP contribution in [0.4, 0.5) is 5.82 Å². The van der Waals surface area contributed by atoms with Gasteiger partial charge in [0.25, 0.3) is 0 Å². The van der Waals surface area contributed by atoms with Crippen LogP contribution in [0, 0.1) is 6.92 Å². The number of ether oxygens (including phenoxy) is 1. The molecule has 3 heterocycles. The molecule has 1 atom stereocenters. The second-order valence-electron chi connectivity index (χ2n) is 5.87.